The van der Waals surface area contributed by atoms with Crippen molar-refractivity contribution in [2.24, 2.45) is 0 Å². The summed E-state index contributed by atoms with van der Waals surface area (Å²) < 4.78 is 13.3. The van der Waals surface area contributed by atoms with Crippen LogP contribution in [0.1, 0.15) is 25.0 Å². The summed E-state index contributed by atoms with van der Waals surface area (Å²) in [6.07, 6.45) is 0. The van der Waals surface area contributed by atoms with Gasteiger partial charge >= 0.3 is 0 Å². The second-order valence-electron chi connectivity index (χ2n) is 4.13. The normalized spacial score (nSPS) is 11.8. The van der Waals surface area contributed by atoms with Crippen LogP contribution in [0.4, 0.5) is 4.39 Å². The van der Waals surface area contributed by atoms with Crippen LogP contribution in [0.15, 0.2) is 12.1 Å². The zero-order chi connectivity index (χ0) is 10.9. The number of aliphatic hydroxyl groups is 1. The molecule has 0 saturated heterocycles. The number of aliphatic hydroxyl groups excluding tert-OH is 1. The first kappa shape index (κ1) is 11.0. The minimum atomic E-state index is -0.626. The number of phenols is 1. The zero-order valence-electron chi connectivity index (χ0n) is 8.63. The molecule has 0 heterocycles. The van der Waals surface area contributed by atoms with E-state index in [1.165, 1.54) is 0 Å². The summed E-state index contributed by atoms with van der Waals surface area (Å²) in [6.45, 7) is 4.95. The summed E-state index contributed by atoms with van der Waals surface area (Å²) in [4.78, 5) is 0. The van der Waals surface area contributed by atoms with Crippen LogP contribution in [-0.2, 0) is 5.41 Å². The predicted molar refractivity (Wildman–Crippen MR) is 52.9 cm³/mol. The molecule has 1 aromatic carbocycles. The van der Waals surface area contributed by atoms with E-state index < -0.39 is 11.2 Å². The lowest BCUT2D eigenvalue weighted by Crippen LogP contribution is -2.22. The van der Waals surface area contributed by atoms with E-state index in [9.17, 15) is 9.50 Å². The highest BCUT2D eigenvalue weighted by Crippen LogP contribution is 2.33. The fraction of sp³-hybridized carbons (Fsp3) is 0.455. The fourth-order valence-corrected chi connectivity index (χ4v) is 1.30. The van der Waals surface area contributed by atoms with Crippen molar-refractivity contribution >= 4 is 0 Å². The molecule has 1 aromatic rings. The molecule has 0 amide bonds. The van der Waals surface area contributed by atoms with Crippen molar-refractivity contribution in [2.75, 3.05) is 6.61 Å². The summed E-state index contributed by atoms with van der Waals surface area (Å²) in [5.41, 5.74) is 0.210. The molecule has 2 nitrogen and oxygen atoms in total. The number of hydrogen-bond acceptors (Lipinski definition) is 2. The van der Waals surface area contributed by atoms with Gasteiger partial charge in [-0.1, -0.05) is 26.0 Å². The number of hydrogen-bond donors (Lipinski definition) is 2. The van der Waals surface area contributed by atoms with Crippen molar-refractivity contribution in [3.05, 3.63) is 29.1 Å². The van der Waals surface area contributed by atoms with E-state index in [0.717, 1.165) is 0 Å². The van der Waals surface area contributed by atoms with Gasteiger partial charge in [0.1, 0.15) is 0 Å². The third-order valence-electron chi connectivity index (χ3n) is 2.43. The maximum atomic E-state index is 13.3. The van der Waals surface area contributed by atoms with E-state index in [0.29, 0.717) is 11.1 Å². The number of aryl methyl sites for hydroxylation is 1. The molecule has 0 aromatic heterocycles. The van der Waals surface area contributed by atoms with Crippen molar-refractivity contribution in [3.8, 4) is 5.75 Å². The molecule has 0 fully saturated rings. The van der Waals surface area contributed by atoms with Crippen LogP contribution in [0.5, 0.6) is 5.75 Å². The van der Waals surface area contributed by atoms with E-state index in [1.807, 2.05) is 0 Å². The molecular weight excluding hydrogens is 183 g/mol. The van der Waals surface area contributed by atoms with Crippen LogP contribution >= 0.6 is 0 Å². The highest BCUT2D eigenvalue weighted by Gasteiger charge is 2.25. The Morgan fingerprint density at radius 3 is 2.43 bits per heavy atom. The van der Waals surface area contributed by atoms with Gasteiger partial charge in [0.25, 0.3) is 0 Å². The Balaban J connectivity index is 3.31. The molecule has 0 aliphatic rings. The van der Waals surface area contributed by atoms with Gasteiger partial charge in [-0.25, -0.2) is 4.39 Å². The molecular formula is C11H15FO2. The Bertz CT molecular complexity index is 345. The maximum Gasteiger partial charge on any atom is 0.168 e. The second-order valence-corrected chi connectivity index (χ2v) is 4.13. The van der Waals surface area contributed by atoms with Crippen molar-refractivity contribution in [1.29, 1.82) is 0 Å². The third-order valence-corrected chi connectivity index (χ3v) is 2.43. The molecule has 0 bridgehead atoms. The predicted octanol–water partition coefficient (Wildman–Crippen LogP) is 2.11. The van der Waals surface area contributed by atoms with Crippen molar-refractivity contribution in [3.63, 3.8) is 0 Å². The molecule has 78 valence electrons. The molecule has 0 radical (unpaired) electrons. The zero-order valence-corrected chi connectivity index (χ0v) is 8.63. The average Bonchev–Trinajstić information content (AvgIpc) is 2.14. The molecule has 0 saturated carbocycles. The van der Waals surface area contributed by atoms with Gasteiger partial charge in [0, 0.05) is 11.0 Å². The standard InChI is InChI=1S/C11H15FO2/c1-7-4-5-8(10(14)9(7)12)11(2,3)6-13/h4-5,13-14H,6H2,1-3H3. The van der Waals surface area contributed by atoms with Gasteiger partial charge in [-0.3, -0.25) is 0 Å². The van der Waals surface area contributed by atoms with Gasteiger partial charge in [0.05, 0.1) is 6.61 Å². The van der Waals surface area contributed by atoms with Crippen LogP contribution in [0.3, 0.4) is 0 Å². The Kier molecular flexibility index (Phi) is 2.81. The molecule has 3 heteroatoms. The Hall–Kier alpha value is -1.09. The summed E-state index contributed by atoms with van der Waals surface area (Å²) in [5.74, 6) is -0.965. The largest absolute Gasteiger partial charge is 0.505 e. The van der Waals surface area contributed by atoms with E-state index in [4.69, 9.17) is 5.11 Å². The summed E-state index contributed by atoms with van der Waals surface area (Å²) in [5, 5.41) is 18.7. The number of aromatic hydroxyl groups is 1. The van der Waals surface area contributed by atoms with Gasteiger partial charge in [-0.2, -0.15) is 0 Å². The molecule has 0 unspecified atom stereocenters. The van der Waals surface area contributed by atoms with Crippen LogP contribution < -0.4 is 0 Å². The van der Waals surface area contributed by atoms with Crippen LogP contribution in [0.25, 0.3) is 0 Å². The highest BCUT2D eigenvalue weighted by molar-refractivity contribution is 5.42. The number of halogens is 1. The van der Waals surface area contributed by atoms with Gasteiger partial charge in [-0.15, -0.1) is 0 Å². The Morgan fingerprint density at radius 1 is 1.36 bits per heavy atom. The van der Waals surface area contributed by atoms with Crippen LogP contribution in [0.2, 0.25) is 0 Å². The topological polar surface area (TPSA) is 40.5 Å². The average molecular weight is 198 g/mol. The van der Waals surface area contributed by atoms with Crippen molar-refractivity contribution < 1.29 is 14.6 Å². The van der Waals surface area contributed by atoms with Gasteiger partial charge < -0.3 is 10.2 Å². The smallest absolute Gasteiger partial charge is 0.168 e. The highest BCUT2D eigenvalue weighted by atomic mass is 19.1. The van der Waals surface area contributed by atoms with E-state index in [1.54, 1.807) is 32.9 Å². The molecule has 0 aliphatic heterocycles. The Labute approximate surface area is 83.0 Å². The first-order chi connectivity index (χ1) is 6.40. The van der Waals surface area contributed by atoms with Gasteiger partial charge in [0.15, 0.2) is 11.6 Å². The molecule has 1 rings (SSSR count). The van der Waals surface area contributed by atoms with Gasteiger partial charge in [0.2, 0.25) is 0 Å². The van der Waals surface area contributed by atoms with E-state index in [2.05, 4.69) is 0 Å². The number of phenolic OH excluding ortho intramolecular Hbond substituents is 1. The lowest BCUT2D eigenvalue weighted by atomic mass is 9.84. The van der Waals surface area contributed by atoms with Crippen LogP contribution in [-0.4, -0.2) is 16.8 Å². The minimum Gasteiger partial charge on any atom is -0.505 e. The fourth-order valence-electron chi connectivity index (χ4n) is 1.30. The number of rotatable bonds is 2. The lowest BCUT2D eigenvalue weighted by Gasteiger charge is -2.23. The molecule has 0 atom stereocenters. The minimum absolute atomic E-state index is 0.136. The molecule has 2 N–H and O–H groups in total. The summed E-state index contributed by atoms with van der Waals surface area (Å²) >= 11 is 0. The Morgan fingerprint density at radius 2 is 1.93 bits per heavy atom. The maximum absolute atomic E-state index is 13.3. The lowest BCUT2D eigenvalue weighted by molar-refractivity contribution is 0.214. The summed E-state index contributed by atoms with van der Waals surface area (Å²) in [6, 6.07) is 3.24. The first-order valence-electron chi connectivity index (χ1n) is 4.49. The van der Waals surface area contributed by atoms with Crippen molar-refractivity contribution in [1.82, 2.24) is 0 Å². The monoisotopic (exact) mass is 198 g/mol. The molecule has 14 heavy (non-hydrogen) atoms. The second kappa shape index (κ2) is 3.58. The molecule has 0 spiro atoms. The number of benzene rings is 1. The quantitative estimate of drug-likeness (QED) is 0.764. The summed E-state index contributed by atoms with van der Waals surface area (Å²) in [7, 11) is 0. The van der Waals surface area contributed by atoms with Crippen molar-refractivity contribution in [2.45, 2.75) is 26.2 Å². The SMILES string of the molecule is Cc1ccc(C(C)(C)CO)c(O)c1F. The van der Waals surface area contributed by atoms with Gasteiger partial charge in [-0.05, 0) is 12.5 Å². The molecule has 0 aliphatic carbocycles. The van der Waals surface area contributed by atoms with Crippen LogP contribution in [0, 0.1) is 12.7 Å². The van der Waals surface area contributed by atoms with E-state index >= 15 is 0 Å². The van der Waals surface area contributed by atoms with E-state index in [-0.39, 0.29) is 12.4 Å². The first-order valence-corrected chi connectivity index (χ1v) is 4.49. The third kappa shape index (κ3) is 1.73.